The van der Waals surface area contributed by atoms with Crippen LogP contribution in [-0.2, 0) is 11.3 Å². The highest BCUT2D eigenvalue weighted by Crippen LogP contribution is 2.18. The lowest BCUT2D eigenvalue weighted by Crippen LogP contribution is -2.50. The van der Waals surface area contributed by atoms with Crippen LogP contribution >= 0.6 is 0 Å². The van der Waals surface area contributed by atoms with Gasteiger partial charge in [0.2, 0.25) is 5.91 Å². The van der Waals surface area contributed by atoms with Gasteiger partial charge in [0.15, 0.2) is 0 Å². The fourth-order valence-corrected chi connectivity index (χ4v) is 3.86. The van der Waals surface area contributed by atoms with Crippen molar-refractivity contribution in [1.82, 2.24) is 15.1 Å². The van der Waals surface area contributed by atoms with E-state index in [0.29, 0.717) is 12.6 Å². The van der Waals surface area contributed by atoms with Crippen molar-refractivity contribution in [2.45, 2.75) is 44.7 Å². The van der Waals surface area contributed by atoms with Gasteiger partial charge in [0.1, 0.15) is 5.75 Å². The Morgan fingerprint density at radius 3 is 2.56 bits per heavy atom. The zero-order valence-electron chi connectivity index (χ0n) is 15.4. The summed E-state index contributed by atoms with van der Waals surface area (Å²) in [7, 11) is 1.70. The number of amides is 1. The van der Waals surface area contributed by atoms with Gasteiger partial charge < -0.3 is 10.1 Å². The molecule has 25 heavy (non-hydrogen) atoms. The summed E-state index contributed by atoms with van der Waals surface area (Å²) < 4.78 is 5.30. The maximum atomic E-state index is 12.2. The van der Waals surface area contributed by atoms with Crippen LogP contribution < -0.4 is 10.1 Å². The van der Waals surface area contributed by atoms with Gasteiger partial charge in [-0.25, -0.2) is 0 Å². The second-order valence-electron chi connectivity index (χ2n) is 7.31. The molecule has 0 unspecified atom stereocenters. The van der Waals surface area contributed by atoms with Crippen LogP contribution in [0.3, 0.4) is 0 Å². The number of benzene rings is 1. The first-order valence-electron chi connectivity index (χ1n) is 9.60. The first-order chi connectivity index (χ1) is 12.2. The average Bonchev–Trinajstić information content (AvgIpc) is 2.64. The van der Waals surface area contributed by atoms with E-state index in [1.807, 2.05) is 12.1 Å². The normalized spacial score (nSPS) is 20.4. The fraction of sp³-hybridized carbons (Fsp3) is 0.650. The molecule has 1 amide bonds. The maximum Gasteiger partial charge on any atom is 0.234 e. The molecular formula is C20H31N3O2. The zero-order chi connectivity index (χ0) is 17.5. The molecule has 2 aliphatic rings. The zero-order valence-corrected chi connectivity index (χ0v) is 15.4. The molecular weight excluding hydrogens is 314 g/mol. The van der Waals surface area contributed by atoms with Crippen molar-refractivity contribution in [1.29, 1.82) is 0 Å². The van der Waals surface area contributed by atoms with E-state index in [1.165, 1.54) is 24.8 Å². The van der Waals surface area contributed by atoms with Crippen LogP contribution in [0.5, 0.6) is 5.75 Å². The summed E-state index contributed by atoms with van der Waals surface area (Å²) >= 11 is 0. The van der Waals surface area contributed by atoms with Crippen LogP contribution in [0.1, 0.15) is 37.7 Å². The van der Waals surface area contributed by atoms with E-state index in [4.69, 9.17) is 4.74 Å². The summed E-state index contributed by atoms with van der Waals surface area (Å²) in [5.74, 6) is 1.11. The topological polar surface area (TPSA) is 44.8 Å². The second-order valence-corrected chi connectivity index (χ2v) is 7.31. The van der Waals surface area contributed by atoms with Gasteiger partial charge in [-0.15, -0.1) is 0 Å². The van der Waals surface area contributed by atoms with Crippen LogP contribution in [0, 0.1) is 0 Å². The van der Waals surface area contributed by atoms with Crippen molar-refractivity contribution in [3.8, 4) is 5.75 Å². The molecule has 5 heteroatoms. The summed E-state index contributed by atoms with van der Waals surface area (Å²) in [4.78, 5) is 17.0. The molecule has 0 spiro atoms. The molecule has 138 valence electrons. The van der Waals surface area contributed by atoms with Crippen LogP contribution in [-0.4, -0.2) is 61.6 Å². The lowest BCUT2D eigenvalue weighted by atomic mass is 9.95. The first-order valence-corrected chi connectivity index (χ1v) is 9.60. The summed E-state index contributed by atoms with van der Waals surface area (Å²) in [6.45, 7) is 5.43. The minimum atomic E-state index is 0.202. The van der Waals surface area contributed by atoms with Crippen LogP contribution in [0.4, 0.5) is 0 Å². The third-order valence-electron chi connectivity index (χ3n) is 5.34. The van der Waals surface area contributed by atoms with E-state index in [9.17, 15) is 4.79 Å². The Morgan fingerprint density at radius 1 is 1.12 bits per heavy atom. The first kappa shape index (κ1) is 18.2. The number of piperazine rings is 1. The number of methoxy groups -OCH3 is 1. The van der Waals surface area contributed by atoms with Crippen molar-refractivity contribution < 1.29 is 9.53 Å². The Kier molecular flexibility index (Phi) is 6.70. The monoisotopic (exact) mass is 345 g/mol. The van der Waals surface area contributed by atoms with E-state index in [2.05, 4.69) is 27.2 Å². The van der Waals surface area contributed by atoms with E-state index >= 15 is 0 Å². The Hall–Kier alpha value is -1.59. The quantitative estimate of drug-likeness (QED) is 0.859. The Balaban J connectivity index is 1.38. The molecule has 3 rings (SSSR count). The van der Waals surface area contributed by atoms with E-state index in [-0.39, 0.29) is 5.91 Å². The lowest BCUT2D eigenvalue weighted by Gasteiger charge is -2.34. The predicted molar refractivity (Wildman–Crippen MR) is 99.7 cm³/mol. The van der Waals surface area contributed by atoms with Crippen molar-refractivity contribution in [2.75, 3.05) is 39.8 Å². The molecule has 1 aromatic rings. The van der Waals surface area contributed by atoms with E-state index in [0.717, 1.165) is 51.3 Å². The maximum absolute atomic E-state index is 12.2. The van der Waals surface area contributed by atoms with Gasteiger partial charge in [0.05, 0.1) is 13.7 Å². The van der Waals surface area contributed by atoms with Crippen molar-refractivity contribution in [3.05, 3.63) is 29.8 Å². The largest absolute Gasteiger partial charge is 0.497 e. The van der Waals surface area contributed by atoms with Gasteiger partial charge in [-0.05, 0) is 30.5 Å². The van der Waals surface area contributed by atoms with Crippen molar-refractivity contribution in [3.63, 3.8) is 0 Å². The molecule has 0 atom stereocenters. The molecule has 1 N–H and O–H groups in total. The number of ether oxygens (including phenoxy) is 1. The number of carbonyl (C=O) groups excluding carboxylic acids is 1. The number of nitrogens with one attached hydrogen (secondary N) is 1. The molecule has 1 aliphatic carbocycles. The van der Waals surface area contributed by atoms with Gasteiger partial charge in [-0.3, -0.25) is 14.6 Å². The molecule has 5 nitrogen and oxygen atoms in total. The van der Waals surface area contributed by atoms with Crippen molar-refractivity contribution in [2.24, 2.45) is 0 Å². The third-order valence-corrected chi connectivity index (χ3v) is 5.34. The highest BCUT2D eigenvalue weighted by Gasteiger charge is 2.21. The summed E-state index contributed by atoms with van der Waals surface area (Å²) in [5.41, 5.74) is 1.28. The van der Waals surface area contributed by atoms with Gasteiger partial charge >= 0.3 is 0 Å². The Morgan fingerprint density at radius 2 is 1.84 bits per heavy atom. The van der Waals surface area contributed by atoms with Gasteiger partial charge in [0.25, 0.3) is 0 Å². The molecule has 1 saturated heterocycles. The Bertz CT molecular complexity index is 550. The highest BCUT2D eigenvalue weighted by molar-refractivity contribution is 5.78. The van der Waals surface area contributed by atoms with Gasteiger partial charge in [0, 0.05) is 38.8 Å². The molecule has 0 aromatic heterocycles. The molecule has 2 fully saturated rings. The molecule has 1 aromatic carbocycles. The van der Waals surface area contributed by atoms with E-state index in [1.54, 1.807) is 7.11 Å². The summed E-state index contributed by atoms with van der Waals surface area (Å²) in [6, 6.07) is 8.68. The lowest BCUT2D eigenvalue weighted by molar-refractivity contribution is -0.123. The minimum Gasteiger partial charge on any atom is -0.497 e. The predicted octanol–water partition coefficient (Wildman–Crippen LogP) is 2.26. The SMILES string of the molecule is COc1cccc(CN2CCN(CC(=O)NC3CCCCC3)CC2)c1. The highest BCUT2D eigenvalue weighted by atomic mass is 16.5. The fourth-order valence-electron chi connectivity index (χ4n) is 3.86. The molecule has 1 saturated carbocycles. The van der Waals surface area contributed by atoms with Gasteiger partial charge in [-0.2, -0.15) is 0 Å². The molecule has 1 aliphatic heterocycles. The van der Waals surface area contributed by atoms with E-state index < -0.39 is 0 Å². The molecule has 0 radical (unpaired) electrons. The van der Waals surface area contributed by atoms with Gasteiger partial charge in [-0.1, -0.05) is 31.4 Å². The van der Waals surface area contributed by atoms with Crippen LogP contribution in [0.15, 0.2) is 24.3 Å². The smallest absolute Gasteiger partial charge is 0.234 e. The number of rotatable bonds is 6. The Labute approximate surface area is 151 Å². The number of carbonyl (C=O) groups is 1. The second kappa shape index (κ2) is 9.20. The molecule has 0 bridgehead atoms. The number of nitrogens with zero attached hydrogens (tertiary/aromatic N) is 2. The summed E-state index contributed by atoms with van der Waals surface area (Å²) in [5, 5.41) is 3.22. The average molecular weight is 345 g/mol. The number of hydrogen-bond acceptors (Lipinski definition) is 4. The summed E-state index contributed by atoms with van der Waals surface area (Å²) in [6.07, 6.45) is 6.14. The minimum absolute atomic E-state index is 0.202. The van der Waals surface area contributed by atoms with Crippen LogP contribution in [0.2, 0.25) is 0 Å². The van der Waals surface area contributed by atoms with Crippen molar-refractivity contribution >= 4 is 5.91 Å². The third kappa shape index (κ3) is 5.72. The number of hydrogen-bond donors (Lipinski definition) is 1. The van der Waals surface area contributed by atoms with Crippen LogP contribution in [0.25, 0.3) is 0 Å². The standard InChI is InChI=1S/C20H31N3O2/c1-25-19-9-5-6-17(14-19)15-22-10-12-23(13-11-22)16-20(24)21-18-7-3-2-4-8-18/h5-6,9,14,18H,2-4,7-8,10-13,15-16H2,1H3,(H,21,24). The molecule has 1 heterocycles.